The Morgan fingerprint density at radius 1 is 1.31 bits per heavy atom. The van der Waals surface area contributed by atoms with Crippen LogP contribution in [0.3, 0.4) is 0 Å². The van der Waals surface area contributed by atoms with Crippen molar-refractivity contribution in [2.45, 2.75) is 0 Å². The van der Waals surface area contributed by atoms with Gasteiger partial charge in [0.05, 0.1) is 12.7 Å². The lowest BCUT2D eigenvalue weighted by molar-refractivity contribution is 0.0601. The predicted molar refractivity (Wildman–Crippen MR) is 57.8 cm³/mol. The zero-order valence-corrected chi connectivity index (χ0v) is 9.04. The number of benzene rings is 1. The Bertz CT molecular complexity index is 502. The molecule has 0 aliphatic rings. The van der Waals surface area contributed by atoms with E-state index < -0.39 is 0 Å². The van der Waals surface area contributed by atoms with E-state index >= 15 is 0 Å². The molecular formula is C11H11N3O2. The third-order valence-electron chi connectivity index (χ3n) is 2.16. The number of rotatable bonds is 2. The summed E-state index contributed by atoms with van der Waals surface area (Å²) in [5.74, 6) is 0.291. The Labute approximate surface area is 92.7 Å². The van der Waals surface area contributed by atoms with Gasteiger partial charge in [-0.3, -0.25) is 4.68 Å². The molecular weight excluding hydrogens is 206 g/mol. The van der Waals surface area contributed by atoms with Crippen molar-refractivity contribution in [3.8, 4) is 11.4 Å². The number of aryl methyl sites for hydroxylation is 1. The lowest BCUT2D eigenvalue weighted by atomic mass is 10.1. The quantitative estimate of drug-likeness (QED) is 0.711. The van der Waals surface area contributed by atoms with Crippen LogP contribution in [0.5, 0.6) is 0 Å². The Morgan fingerprint density at radius 2 is 2.00 bits per heavy atom. The van der Waals surface area contributed by atoms with Crippen LogP contribution in [0.2, 0.25) is 0 Å². The summed E-state index contributed by atoms with van der Waals surface area (Å²) in [5.41, 5.74) is 1.38. The Kier molecular flexibility index (Phi) is 2.68. The van der Waals surface area contributed by atoms with E-state index in [0.29, 0.717) is 11.4 Å². The molecule has 0 spiro atoms. The molecule has 5 heteroatoms. The van der Waals surface area contributed by atoms with E-state index in [4.69, 9.17) is 0 Å². The van der Waals surface area contributed by atoms with Gasteiger partial charge in [-0.2, -0.15) is 5.10 Å². The second-order valence-electron chi connectivity index (χ2n) is 3.31. The topological polar surface area (TPSA) is 57.0 Å². The third kappa shape index (κ3) is 1.93. The molecule has 0 amide bonds. The number of nitrogens with zero attached hydrogens (tertiary/aromatic N) is 3. The second kappa shape index (κ2) is 4.14. The number of hydrogen-bond acceptors (Lipinski definition) is 4. The predicted octanol–water partition coefficient (Wildman–Crippen LogP) is 1.27. The van der Waals surface area contributed by atoms with Gasteiger partial charge in [-0.25, -0.2) is 9.78 Å². The Hall–Kier alpha value is -2.17. The summed E-state index contributed by atoms with van der Waals surface area (Å²) in [5, 5.41) is 4.16. The van der Waals surface area contributed by atoms with Gasteiger partial charge in [0.2, 0.25) is 0 Å². The average molecular weight is 217 g/mol. The fourth-order valence-electron chi connectivity index (χ4n) is 1.34. The zero-order valence-electron chi connectivity index (χ0n) is 9.04. The van der Waals surface area contributed by atoms with Crippen molar-refractivity contribution in [3.63, 3.8) is 0 Å². The highest BCUT2D eigenvalue weighted by Crippen LogP contribution is 2.15. The number of carbonyl (C=O) groups excluding carboxylic acids is 1. The molecule has 0 atom stereocenters. The summed E-state index contributed by atoms with van der Waals surface area (Å²) in [6, 6.07) is 6.97. The van der Waals surface area contributed by atoms with Gasteiger partial charge in [-0.1, -0.05) is 12.1 Å². The Balaban J connectivity index is 2.29. The fourth-order valence-corrected chi connectivity index (χ4v) is 1.34. The largest absolute Gasteiger partial charge is 0.465 e. The van der Waals surface area contributed by atoms with E-state index in [-0.39, 0.29) is 5.97 Å². The summed E-state index contributed by atoms with van der Waals surface area (Å²) in [6.45, 7) is 0. The van der Waals surface area contributed by atoms with Crippen LogP contribution >= 0.6 is 0 Å². The van der Waals surface area contributed by atoms with Crippen molar-refractivity contribution in [2.75, 3.05) is 7.11 Å². The summed E-state index contributed by atoms with van der Waals surface area (Å²) >= 11 is 0. The van der Waals surface area contributed by atoms with E-state index in [1.54, 1.807) is 42.3 Å². The first-order chi connectivity index (χ1) is 7.70. The maximum absolute atomic E-state index is 11.2. The first kappa shape index (κ1) is 10.4. The van der Waals surface area contributed by atoms with E-state index in [1.807, 2.05) is 0 Å². The van der Waals surface area contributed by atoms with Crippen molar-refractivity contribution in [2.24, 2.45) is 7.05 Å². The van der Waals surface area contributed by atoms with Crippen LogP contribution in [-0.2, 0) is 11.8 Å². The lowest BCUT2D eigenvalue weighted by Crippen LogP contribution is -2.00. The SMILES string of the molecule is COC(=O)c1ccc(-c2ncn(C)n2)cc1. The van der Waals surface area contributed by atoms with Crippen molar-refractivity contribution in [3.05, 3.63) is 36.2 Å². The standard InChI is InChI=1S/C11H11N3O2/c1-14-7-12-10(13-14)8-3-5-9(6-4-8)11(15)16-2/h3-7H,1-2H3. The molecule has 5 nitrogen and oxygen atoms in total. The number of ether oxygens (including phenoxy) is 1. The molecule has 82 valence electrons. The van der Waals surface area contributed by atoms with E-state index in [1.165, 1.54) is 7.11 Å². The van der Waals surface area contributed by atoms with Crippen LogP contribution in [0.4, 0.5) is 0 Å². The maximum atomic E-state index is 11.2. The molecule has 0 saturated carbocycles. The number of hydrogen-bond donors (Lipinski definition) is 0. The minimum atomic E-state index is -0.347. The van der Waals surface area contributed by atoms with Crippen molar-refractivity contribution in [1.82, 2.24) is 14.8 Å². The fraction of sp³-hybridized carbons (Fsp3) is 0.182. The van der Waals surface area contributed by atoms with Crippen LogP contribution in [0.25, 0.3) is 11.4 Å². The second-order valence-corrected chi connectivity index (χ2v) is 3.31. The molecule has 0 aliphatic carbocycles. The smallest absolute Gasteiger partial charge is 0.337 e. The van der Waals surface area contributed by atoms with Crippen LogP contribution < -0.4 is 0 Å². The van der Waals surface area contributed by atoms with Crippen LogP contribution in [-0.4, -0.2) is 27.8 Å². The van der Waals surface area contributed by atoms with Gasteiger partial charge in [0.15, 0.2) is 5.82 Å². The monoisotopic (exact) mass is 217 g/mol. The molecule has 2 rings (SSSR count). The highest BCUT2D eigenvalue weighted by Gasteiger charge is 2.07. The molecule has 0 N–H and O–H groups in total. The van der Waals surface area contributed by atoms with Crippen LogP contribution in [0.1, 0.15) is 10.4 Å². The Morgan fingerprint density at radius 3 is 2.50 bits per heavy atom. The molecule has 0 saturated heterocycles. The highest BCUT2D eigenvalue weighted by molar-refractivity contribution is 5.89. The van der Waals surface area contributed by atoms with Gasteiger partial charge >= 0.3 is 5.97 Å². The van der Waals surface area contributed by atoms with E-state index in [9.17, 15) is 4.79 Å². The number of methoxy groups -OCH3 is 1. The van der Waals surface area contributed by atoms with E-state index in [0.717, 1.165) is 5.56 Å². The molecule has 2 aromatic rings. The van der Waals surface area contributed by atoms with Gasteiger partial charge in [0.25, 0.3) is 0 Å². The van der Waals surface area contributed by atoms with Crippen molar-refractivity contribution < 1.29 is 9.53 Å². The molecule has 0 fully saturated rings. The van der Waals surface area contributed by atoms with Gasteiger partial charge in [-0.15, -0.1) is 0 Å². The zero-order chi connectivity index (χ0) is 11.5. The van der Waals surface area contributed by atoms with Crippen molar-refractivity contribution >= 4 is 5.97 Å². The first-order valence-electron chi connectivity index (χ1n) is 4.75. The molecule has 1 aromatic carbocycles. The first-order valence-corrected chi connectivity index (χ1v) is 4.75. The normalized spacial score (nSPS) is 10.1. The average Bonchev–Trinajstić information content (AvgIpc) is 2.75. The van der Waals surface area contributed by atoms with Crippen LogP contribution in [0, 0.1) is 0 Å². The van der Waals surface area contributed by atoms with Crippen molar-refractivity contribution in [1.29, 1.82) is 0 Å². The minimum Gasteiger partial charge on any atom is -0.465 e. The molecule has 0 aliphatic heterocycles. The molecule has 0 unspecified atom stereocenters. The third-order valence-corrected chi connectivity index (χ3v) is 2.16. The molecule has 0 bridgehead atoms. The number of carbonyl (C=O) groups is 1. The highest BCUT2D eigenvalue weighted by atomic mass is 16.5. The van der Waals surface area contributed by atoms with Gasteiger partial charge in [-0.05, 0) is 12.1 Å². The summed E-state index contributed by atoms with van der Waals surface area (Å²) in [4.78, 5) is 15.3. The van der Waals surface area contributed by atoms with Gasteiger partial charge in [0, 0.05) is 12.6 Å². The summed E-state index contributed by atoms with van der Waals surface area (Å²) in [6.07, 6.45) is 1.63. The maximum Gasteiger partial charge on any atom is 0.337 e. The molecule has 16 heavy (non-hydrogen) atoms. The lowest BCUT2D eigenvalue weighted by Gasteiger charge is -1.99. The molecule has 0 radical (unpaired) electrons. The molecule has 1 heterocycles. The number of esters is 1. The van der Waals surface area contributed by atoms with Gasteiger partial charge < -0.3 is 4.74 Å². The van der Waals surface area contributed by atoms with Crippen LogP contribution in [0.15, 0.2) is 30.6 Å². The minimum absolute atomic E-state index is 0.347. The summed E-state index contributed by atoms with van der Waals surface area (Å²) in [7, 11) is 3.16. The van der Waals surface area contributed by atoms with E-state index in [2.05, 4.69) is 14.8 Å². The number of aromatic nitrogens is 3. The summed E-state index contributed by atoms with van der Waals surface area (Å²) < 4.78 is 6.24. The van der Waals surface area contributed by atoms with Gasteiger partial charge in [0.1, 0.15) is 6.33 Å². The molecule has 1 aromatic heterocycles.